The standard InChI is InChI=1S/C21H21FN2O3S2/c1-3-13-24-20-17(22)6-4-7-18(20)28-21(24)23-19(25)8-5-14-29(26,27)16-11-9-15(2)10-12-16/h3-4,6-7,9-12H,1,5,8,13-14H2,2H3. The van der Waals surface area contributed by atoms with E-state index in [0.717, 1.165) is 5.56 Å². The molecule has 0 atom stereocenters. The summed E-state index contributed by atoms with van der Waals surface area (Å²) in [4.78, 5) is 17.0. The van der Waals surface area contributed by atoms with E-state index in [1.165, 1.54) is 17.4 Å². The highest BCUT2D eigenvalue weighted by Crippen LogP contribution is 2.20. The summed E-state index contributed by atoms with van der Waals surface area (Å²) >= 11 is 1.21. The van der Waals surface area contributed by atoms with Gasteiger partial charge in [-0.15, -0.1) is 6.58 Å². The Morgan fingerprint density at radius 2 is 1.97 bits per heavy atom. The Morgan fingerprint density at radius 3 is 2.66 bits per heavy atom. The lowest BCUT2D eigenvalue weighted by molar-refractivity contribution is -0.118. The molecule has 0 aliphatic heterocycles. The molecule has 29 heavy (non-hydrogen) atoms. The summed E-state index contributed by atoms with van der Waals surface area (Å²) in [6, 6.07) is 11.4. The Hall–Kier alpha value is -2.58. The number of allylic oxidation sites excluding steroid dienone is 1. The SMILES string of the molecule is C=CCn1c(=NC(=O)CCCS(=O)(=O)c2ccc(C)cc2)sc2cccc(F)c21. The van der Waals surface area contributed by atoms with Crippen molar-refractivity contribution < 1.29 is 17.6 Å². The summed E-state index contributed by atoms with van der Waals surface area (Å²) < 4.78 is 41.2. The number of para-hydroxylation sites is 1. The predicted molar refractivity (Wildman–Crippen MR) is 113 cm³/mol. The molecule has 0 aliphatic carbocycles. The van der Waals surface area contributed by atoms with Crippen LogP contribution in [-0.4, -0.2) is 24.6 Å². The fraction of sp³-hybridized carbons (Fsp3) is 0.238. The van der Waals surface area contributed by atoms with Crippen LogP contribution in [0.2, 0.25) is 0 Å². The van der Waals surface area contributed by atoms with Crippen molar-refractivity contribution in [3.05, 3.63) is 71.3 Å². The molecular formula is C21H21FN2O3S2. The minimum absolute atomic E-state index is 0.00406. The van der Waals surface area contributed by atoms with Crippen LogP contribution in [0, 0.1) is 12.7 Å². The molecule has 152 valence electrons. The average molecular weight is 433 g/mol. The molecule has 0 saturated heterocycles. The molecule has 1 amide bonds. The van der Waals surface area contributed by atoms with Gasteiger partial charge < -0.3 is 4.57 Å². The van der Waals surface area contributed by atoms with Crippen LogP contribution in [0.3, 0.4) is 0 Å². The fourth-order valence-corrected chi connectivity index (χ4v) is 5.29. The number of amides is 1. The number of sulfone groups is 1. The Morgan fingerprint density at radius 1 is 1.24 bits per heavy atom. The van der Waals surface area contributed by atoms with Crippen LogP contribution in [-0.2, 0) is 21.2 Å². The zero-order valence-electron chi connectivity index (χ0n) is 16.0. The Labute approximate surface area is 172 Å². The second-order valence-electron chi connectivity index (χ2n) is 6.61. The van der Waals surface area contributed by atoms with E-state index in [9.17, 15) is 17.6 Å². The van der Waals surface area contributed by atoms with Crippen molar-refractivity contribution in [2.24, 2.45) is 4.99 Å². The van der Waals surface area contributed by atoms with E-state index in [0.29, 0.717) is 21.6 Å². The first-order valence-electron chi connectivity index (χ1n) is 9.07. The molecule has 0 bridgehead atoms. The molecule has 5 nitrogen and oxygen atoms in total. The van der Waals surface area contributed by atoms with Crippen LogP contribution in [0.25, 0.3) is 10.2 Å². The molecule has 0 spiro atoms. The molecule has 0 radical (unpaired) electrons. The highest BCUT2D eigenvalue weighted by Gasteiger charge is 2.15. The normalized spacial score (nSPS) is 12.4. The van der Waals surface area contributed by atoms with Gasteiger partial charge in [-0.3, -0.25) is 4.79 Å². The number of halogens is 1. The van der Waals surface area contributed by atoms with E-state index in [2.05, 4.69) is 11.6 Å². The minimum atomic E-state index is -3.45. The number of carbonyl (C=O) groups excluding carboxylic acids is 1. The van der Waals surface area contributed by atoms with E-state index < -0.39 is 21.6 Å². The lowest BCUT2D eigenvalue weighted by Crippen LogP contribution is -2.17. The summed E-state index contributed by atoms with van der Waals surface area (Å²) in [5, 5.41) is 0. The molecule has 0 aliphatic rings. The molecule has 3 rings (SSSR count). The minimum Gasteiger partial charge on any atom is -0.310 e. The van der Waals surface area contributed by atoms with Crippen LogP contribution in [0.5, 0.6) is 0 Å². The number of hydrogen-bond donors (Lipinski definition) is 0. The lowest BCUT2D eigenvalue weighted by atomic mass is 10.2. The van der Waals surface area contributed by atoms with Crippen LogP contribution < -0.4 is 4.80 Å². The number of carbonyl (C=O) groups is 1. The molecule has 0 fully saturated rings. The topological polar surface area (TPSA) is 68.5 Å². The average Bonchev–Trinajstić information content (AvgIpc) is 3.00. The first-order valence-corrected chi connectivity index (χ1v) is 11.5. The van der Waals surface area contributed by atoms with E-state index >= 15 is 0 Å². The van der Waals surface area contributed by atoms with Gasteiger partial charge in [-0.2, -0.15) is 4.99 Å². The number of thiazole rings is 1. The van der Waals surface area contributed by atoms with Gasteiger partial charge in [-0.1, -0.05) is 41.2 Å². The smallest absolute Gasteiger partial charge is 0.248 e. The summed E-state index contributed by atoms with van der Waals surface area (Å²) in [5.41, 5.74) is 1.36. The maximum absolute atomic E-state index is 14.2. The number of aromatic nitrogens is 1. The molecular weight excluding hydrogens is 411 g/mol. The molecule has 0 saturated carbocycles. The van der Waals surface area contributed by atoms with Crippen LogP contribution in [0.15, 0.2) is 65.0 Å². The van der Waals surface area contributed by atoms with Crippen molar-refractivity contribution in [1.29, 1.82) is 0 Å². The number of hydrogen-bond acceptors (Lipinski definition) is 4. The van der Waals surface area contributed by atoms with Crippen molar-refractivity contribution in [2.45, 2.75) is 31.2 Å². The third-order valence-corrected chi connectivity index (χ3v) is 7.23. The summed E-state index contributed by atoms with van der Waals surface area (Å²) in [7, 11) is -3.45. The first kappa shape index (κ1) is 21.1. The number of nitrogens with zero attached hydrogens (tertiary/aromatic N) is 2. The number of benzene rings is 2. The fourth-order valence-electron chi connectivity index (χ4n) is 2.91. The monoisotopic (exact) mass is 432 g/mol. The van der Waals surface area contributed by atoms with Gasteiger partial charge in [0.1, 0.15) is 5.82 Å². The van der Waals surface area contributed by atoms with Crippen molar-refractivity contribution in [2.75, 3.05) is 5.75 Å². The first-order chi connectivity index (χ1) is 13.8. The molecule has 0 N–H and O–H groups in total. The van der Waals surface area contributed by atoms with E-state index in [1.807, 2.05) is 6.92 Å². The van der Waals surface area contributed by atoms with Gasteiger partial charge in [-0.05, 0) is 37.6 Å². The maximum Gasteiger partial charge on any atom is 0.248 e. The maximum atomic E-state index is 14.2. The lowest BCUT2D eigenvalue weighted by Gasteiger charge is -2.04. The van der Waals surface area contributed by atoms with Crippen LogP contribution in [0.1, 0.15) is 18.4 Å². The van der Waals surface area contributed by atoms with E-state index in [4.69, 9.17) is 0 Å². The van der Waals surface area contributed by atoms with Crippen molar-refractivity contribution in [3.63, 3.8) is 0 Å². The third-order valence-electron chi connectivity index (χ3n) is 4.37. The van der Waals surface area contributed by atoms with Crippen molar-refractivity contribution >= 4 is 37.3 Å². The Kier molecular flexibility index (Phi) is 6.44. The third kappa shape index (κ3) is 4.89. The highest BCUT2D eigenvalue weighted by molar-refractivity contribution is 7.91. The number of aryl methyl sites for hydroxylation is 1. The summed E-state index contributed by atoms with van der Waals surface area (Å²) in [5.74, 6) is -0.960. The zero-order chi connectivity index (χ0) is 21.0. The van der Waals surface area contributed by atoms with Crippen LogP contribution in [0.4, 0.5) is 4.39 Å². The second-order valence-corrected chi connectivity index (χ2v) is 9.73. The van der Waals surface area contributed by atoms with Crippen molar-refractivity contribution in [1.82, 2.24) is 4.57 Å². The van der Waals surface area contributed by atoms with Gasteiger partial charge in [0.05, 0.1) is 20.9 Å². The number of rotatable bonds is 7. The van der Waals surface area contributed by atoms with Crippen LogP contribution >= 0.6 is 11.3 Å². The van der Waals surface area contributed by atoms with Gasteiger partial charge in [0.2, 0.25) is 5.91 Å². The molecule has 2 aromatic carbocycles. The Balaban J connectivity index is 1.76. The van der Waals surface area contributed by atoms with Gasteiger partial charge in [0.25, 0.3) is 0 Å². The van der Waals surface area contributed by atoms with Crippen molar-refractivity contribution in [3.8, 4) is 0 Å². The zero-order valence-corrected chi connectivity index (χ0v) is 17.6. The molecule has 1 aromatic heterocycles. The van der Waals surface area contributed by atoms with Gasteiger partial charge in [0.15, 0.2) is 14.6 Å². The van der Waals surface area contributed by atoms with Gasteiger partial charge >= 0.3 is 0 Å². The summed E-state index contributed by atoms with van der Waals surface area (Å²) in [6.45, 7) is 5.87. The molecule has 3 aromatic rings. The predicted octanol–water partition coefficient (Wildman–Crippen LogP) is 4.02. The molecule has 0 unspecified atom stereocenters. The largest absolute Gasteiger partial charge is 0.310 e. The van der Waals surface area contributed by atoms with Gasteiger partial charge in [-0.25, -0.2) is 12.8 Å². The summed E-state index contributed by atoms with van der Waals surface area (Å²) in [6.07, 6.45) is 1.77. The van der Waals surface area contributed by atoms with Gasteiger partial charge in [0, 0.05) is 13.0 Å². The second kappa shape index (κ2) is 8.84. The number of fused-ring (bicyclic) bond motifs is 1. The van der Waals surface area contributed by atoms with E-state index in [1.54, 1.807) is 47.0 Å². The highest BCUT2D eigenvalue weighted by atomic mass is 32.2. The van der Waals surface area contributed by atoms with E-state index in [-0.39, 0.29) is 23.5 Å². The molecule has 1 heterocycles. The molecule has 8 heteroatoms. The Bertz CT molecular complexity index is 1220. The quantitative estimate of drug-likeness (QED) is 0.530.